The minimum atomic E-state index is 0.249. The third kappa shape index (κ3) is 3.05. The fourth-order valence-corrected chi connectivity index (χ4v) is 2.06. The Morgan fingerprint density at radius 1 is 1.12 bits per heavy atom. The lowest BCUT2D eigenvalue weighted by Gasteiger charge is -2.16. The fourth-order valence-electron chi connectivity index (χ4n) is 1.93. The molecule has 2 aromatic rings. The van der Waals surface area contributed by atoms with Gasteiger partial charge in [-0.05, 0) is 42.8 Å². The van der Waals surface area contributed by atoms with E-state index in [9.17, 15) is 0 Å². The van der Waals surface area contributed by atoms with Crippen LogP contribution in [0.5, 0.6) is 0 Å². The second kappa shape index (κ2) is 5.80. The normalized spacial score (nSPS) is 12.4. The zero-order valence-electron chi connectivity index (χ0n) is 9.51. The van der Waals surface area contributed by atoms with E-state index in [-0.39, 0.29) is 5.92 Å². The van der Waals surface area contributed by atoms with Gasteiger partial charge in [0.2, 0.25) is 0 Å². The average molecular weight is 247 g/mol. The summed E-state index contributed by atoms with van der Waals surface area (Å²) in [4.78, 5) is 4.41. The molecule has 0 radical (unpaired) electrons. The number of aromatic nitrogens is 1. The number of benzene rings is 1. The van der Waals surface area contributed by atoms with Gasteiger partial charge in [0.1, 0.15) is 0 Å². The lowest BCUT2D eigenvalue weighted by molar-refractivity contribution is 0.706. The zero-order valence-corrected chi connectivity index (χ0v) is 10.3. The second-order valence-corrected chi connectivity index (χ2v) is 4.37. The lowest BCUT2D eigenvalue weighted by Crippen LogP contribution is -2.10. The van der Waals surface area contributed by atoms with Crippen molar-refractivity contribution in [1.29, 1.82) is 0 Å². The molecule has 3 heteroatoms. The van der Waals surface area contributed by atoms with Crippen LogP contribution in [0, 0.1) is 0 Å². The summed E-state index contributed by atoms with van der Waals surface area (Å²) in [7, 11) is 0. The molecule has 1 aromatic carbocycles. The molecule has 2 rings (SSSR count). The summed E-state index contributed by atoms with van der Waals surface area (Å²) >= 11 is 5.90. The number of pyridine rings is 1. The van der Waals surface area contributed by atoms with E-state index in [1.54, 1.807) is 0 Å². The molecule has 1 atom stereocenters. The van der Waals surface area contributed by atoms with Gasteiger partial charge in [0.25, 0.3) is 0 Å². The third-order valence-electron chi connectivity index (χ3n) is 2.77. The van der Waals surface area contributed by atoms with Gasteiger partial charge in [-0.2, -0.15) is 0 Å². The van der Waals surface area contributed by atoms with Crippen molar-refractivity contribution in [3.8, 4) is 0 Å². The van der Waals surface area contributed by atoms with Crippen LogP contribution in [0.3, 0.4) is 0 Å². The minimum Gasteiger partial charge on any atom is -0.330 e. The number of rotatable bonds is 4. The van der Waals surface area contributed by atoms with Crippen LogP contribution in [0.4, 0.5) is 0 Å². The smallest absolute Gasteiger partial charge is 0.0478 e. The van der Waals surface area contributed by atoms with E-state index in [1.165, 1.54) is 5.56 Å². The molecule has 1 heterocycles. The number of halogens is 1. The summed E-state index contributed by atoms with van der Waals surface area (Å²) in [5.74, 6) is 0.249. The summed E-state index contributed by atoms with van der Waals surface area (Å²) in [5.41, 5.74) is 7.94. The molecular weight excluding hydrogens is 232 g/mol. The molecule has 0 unspecified atom stereocenters. The van der Waals surface area contributed by atoms with E-state index in [1.807, 2.05) is 48.7 Å². The molecule has 0 amide bonds. The Balaban J connectivity index is 2.32. The standard InChI is InChI=1S/C14H15ClN2/c15-12-6-4-11(5-7-12)13(8-9-16)14-3-1-2-10-17-14/h1-7,10,13H,8-9,16H2/t13-/m1/s1. The van der Waals surface area contributed by atoms with Crippen molar-refractivity contribution in [2.45, 2.75) is 12.3 Å². The van der Waals surface area contributed by atoms with Crippen LogP contribution >= 0.6 is 11.6 Å². The topological polar surface area (TPSA) is 38.9 Å². The van der Waals surface area contributed by atoms with Crippen LogP contribution in [0.15, 0.2) is 48.7 Å². The maximum absolute atomic E-state index is 5.90. The molecular formula is C14H15ClN2. The maximum atomic E-state index is 5.90. The Kier molecular flexibility index (Phi) is 4.13. The van der Waals surface area contributed by atoms with Gasteiger partial charge in [-0.15, -0.1) is 0 Å². The second-order valence-electron chi connectivity index (χ2n) is 3.94. The van der Waals surface area contributed by atoms with Crippen molar-refractivity contribution in [2.24, 2.45) is 5.73 Å². The average Bonchev–Trinajstić information content (AvgIpc) is 2.38. The van der Waals surface area contributed by atoms with Crippen LogP contribution in [-0.4, -0.2) is 11.5 Å². The van der Waals surface area contributed by atoms with Gasteiger partial charge >= 0.3 is 0 Å². The first-order valence-corrected chi connectivity index (χ1v) is 6.05. The summed E-state index contributed by atoms with van der Waals surface area (Å²) in [6.45, 7) is 0.643. The first-order valence-electron chi connectivity index (χ1n) is 5.67. The molecule has 0 aliphatic carbocycles. The predicted molar refractivity (Wildman–Crippen MR) is 71.2 cm³/mol. The number of nitrogens with two attached hydrogens (primary N) is 1. The fraction of sp³-hybridized carbons (Fsp3) is 0.214. The maximum Gasteiger partial charge on any atom is 0.0478 e. The van der Waals surface area contributed by atoms with Gasteiger partial charge in [0, 0.05) is 22.8 Å². The Labute approximate surface area is 106 Å². The lowest BCUT2D eigenvalue weighted by atomic mass is 9.92. The van der Waals surface area contributed by atoms with Crippen molar-refractivity contribution in [3.63, 3.8) is 0 Å². The molecule has 0 aliphatic rings. The van der Waals surface area contributed by atoms with E-state index in [2.05, 4.69) is 4.98 Å². The molecule has 0 spiro atoms. The number of nitrogens with zero attached hydrogens (tertiary/aromatic N) is 1. The SMILES string of the molecule is NCC[C@H](c1ccc(Cl)cc1)c1ccccn1. The Morgan fingerprint density at radius 2 is 1.88 bits per heavy atom. The molecule has 2 nitrogen and oxygen atoms in total. The summed E-state index contributed by atoms with van der Waals surface area (Å²) in [6.07, 6.45) is 2.70. The summed E-state index contributed by atoms with van der Waals surface area (Å²) < 4.78 is 0. The Bertz CT molecular complexity index is 453. The molecule has 0 bridgehead atoms. The van der Waals surface area contributed by atoms with Gasteiger partial charge in [-0.1, -0.05) is 29.8 Å². The number of hydrogen-bond acceptors (Lipinski definition) is 2. The van der Waals surface area contributed by atoms with Crippen molar-refractivity contribution in [3.05, 3.63) is 64.9 Å². The van der Waals surface area contributed by atoms with Crippen molar-refractivity contribution in [2.75, 3.05) is 6.54 Å². The molecule has 0 fully saturated rings. The first-order chi connectivity index (χ1) is 8.31. The van der Waals surface area contributed by atoms with Gasteiger partial charge in [-0.3, -0.25) is 4.98 Å². The largest absolute Gasteiger partial charge is 0.330 e. The van der Waals surface area contributed by atoms with Gasteiger partial charge in [-0.25, -0.2) is 0 Å². The van der Waals surface area contributed by atoms with Crippen LogP contribution < -0.4 is 5.73 Å². The Hall–Kier alpha value is -1.38. The van der Waals surface area contributed by atoms with Crippen LogP contribution in [0.25, 0.3) is 0 Å². The van der Waals surface area contributed by atoms with Gasteiger partial charge in [0.05, 0.1) is 0 Å². The van der Waals surface area contributed by atoms with E-state index in [0.29, 0.717) is 6.54 Å². The van der Waals surface area contributed by atoms with E-state index < -0.39 is 0 Å². The highest BCUT2D eigenvalue weighted by molar-refractivity contribution is 6.30. The minimum absolute atomic E-state index is 0.249. The van der Waals surface area contributed by atoms with Crippen molar-refractivity contribution >= 4 is 11.6 Å². The van der Waals surface area contributed by atoms with E-state index >= 15 is 0 Å². The quantitative estimate of drug-likeness (QED) is 0.900. The van der Waals surface area contributed by atoms with Crippen LogP contribution in [0.1, 0.15) is 23.6 Å². The number of hydrogen-bond donors (Lipinski definition) is 1. The van der Waals surface area contributed by atoms with Crippen molar-refractivity contribution < 1.29 is 0 Å². The predicted octanol–water partition coefficient (Wildman–Crippen LogP) is 3.22. The van der Waals surface area contributed by atoms with E-state index in [4.69, 9.17) is 17.3 Å². The van der Waals surface area contributed by atoms with Crippen molar-refractivity contribution in [1.82, 2.24) is 4.98 Å². The highest BCUT2D eigenvalue weighted by Gasteiger charge is 2.14. The van der Waals surface area contributed by atoms with Crippen LogP contribution in [-0.2, 0) is 0 Å². The zero-order chi connectivity index (χ0) is 12.1. The summed E-state index contributed by atoms with van der Waals surface area (Å²) in [5, 5.41) is 0.751. The first kappa shape index (κ1) is 12.1. The molecule has 88 valence electrons. The Morgan fingerprint density at radius 3 is 2.47 bits per heavy atom. The summed E-state index contributed by atoms with van der Waals surface area (Å²) in [6, 6.07) is 13.9. The molecule has 0 saturated carbocycles. The van der Waals surface area contributed by atoms with Gasteiger partial charge in [0.15, 0.2) is 0 Å². The molecule has 2 N–H and O–H groups in total. The highest BCUT2D eigenvalue weighted by Crippen LogP contribution is 2.26. The molecule has 0 saturated heterocycles. The monoisotopic (exact) mass is 246 g/mol. The highest BCUT2D eigenvalue weighted by atomic mass is 35.5. The van der Waals surface area contributed by atoms with E-state index in [0.717, 1.165) is 17.1 Å². The van der Waals surface area contributed by atoms with Crippen LogP contribution in [0.2, 0.25) is 5.02 Å². The third-order valence-corrected chi connectivity index (χ3v) is 3.02. The molecule has 1 aromatic heterocycles. The van der Waals surface area contributed by atoms with Gasteiger partial charge < -0.3 is 5.73 Å². The molecule has 0 aliphatic heterocycles. The molecule has 17 heavy (non-hydrogen) atoms.